The fourth-order valence-corrected chi connectivity index (χ4v) is 5.82. The molecular weight excluding hydrogens is 442 g/mol. The van der Waals surface area contributed by atoms with Crippen molar-refractivity contribution in [1.82, 2.24) is 14.3 Å². The van der Waals surface area contributed by atoms with E-state index in [2.05, 4.69) is 19.0 Å². The van der Waals surface area contributed by atoms with E-state index < -0.39 is 32.6 Å². The molecule has 2 atom stereocenters. The van der Waals surface area contributed by atoms with E-state index in [9.17, 15) is 12.8 Å². The summed E-state index contributed by atoms with van der Waals surface area (Å²) < 4.78 is 60.7. The minimum atomic E-state index is -4.33. The molecule has 10 heteroatoms. The molecule has 2 aromatic carbocycles. The van der Waals surface area contributed by atoms with Crippen molar-refractivity contribution in [3.8, 4) is 0 Å². The maximum Gasteiger partial charge on any atom is 0.266 e. The van der Waals surface area contributed by atoms with Gasteiger partial charge in [-0.3, -0.25) is 9.62 Å². The van der Waals surface area contributed by atoms with Crippen LogP contribution in [0.15, 0.2) is 53.7 Å². The lowest BCUT2D eigenvalue weighted by atomic mass is 9.92. The molecule has 1 unspecified atom stereocenters. The summed E-state index contributed by atoms with van der Waals surface area (Å²) in [5.74, 6) is -1.77. The second-order valence-electron chi connectivity index (χ2n) is 7.49. The van der Waals surface area contributed by atoms with Gasteiger partial charge in [0.05, 0.1) is 0 Å². The first kappa shape index (κ1) is 21.8. The summed E-state index contributed by atoms with van der Waals surface area (Å²) in [7, 11) is -4.33. The number of piperidine rings is 1. The molecule has 31 heavy (non-hydrogen) atoms. The number of hydrogen-bond acceptors (Lipinski definition) is 6. The molecule has 164 valence electrons. The Kier molecular flexibility index (Phi) is 6.31. The number of rotatable bonds is 6. The molecule has 6 nitrogen and oxygen atoms in total. The number of nitrogens with one attached hydrogen (secondary N) is 1. The lowest BCUT2D eigenvalue weighted by Crippen LogP contribution is -2.36. The molecule has 1 N–H and O–H groups in total. The molecule has 0 aliphatic carbocycles. The first-order valence-electron chi connectivity index (χ1n) is 9.96. The fraction of sp³-hybridized carbons (Fsp3) is 0.333. The van der Waals surface area contributed by atoms with Crippen molar-refractivity contribution in [2.45, 2.75) is 43.2 Å². The van der Waals surface area contributed by atoms with Crippen molar-refractivity contribution in [3.63, 3.8) is 0 Å². The van der Waals surface area contributed by atoms with Crippen molar-refractivity contribution >= 4 is 26.7 Å². The summed E-state index contributed by atoms with van der Waals surface area (Å²) in [6, 6.07) is 11.4. The Hall–Kier alpha value is -2.43. The zero-order valence-corrected chi connectivity index (χ0v) is 18.5. The molecule has 1 aliphatic rings. The summed E-state index contributed by atoms with van der Waals surface area (Å²) in [6.45, 7) is 2.58. The van der Waals surface area contributed by atoms with Crippen LogP contribution in [0.3, 0.4) is 0 Å². The number of hydrogen-bond donors (Lipinski definition) is 1. The van der Waals surface area contributed by atoms with Crippen LogP contribution in [0.2, 0.25) is 0 Å². The van der Waals surface area contributed by atoms with Crippen LogP contribution in [-0.2, 0) is 10.0 Å². The van der Waals surface area contributed by atoms with Gasteiger partial charge in [-0.2, -0.15) is 4.37 Å². The van der Waals surface area contributed by atoms with Crippen molar-refractivity contribution in [1.29, 1.82) is 0 Å². The smallest absolute Gasteiger partial charge is 0.266 e. The summed E-state index contributed by atoms with van der Waals surface area (Å²) >= 11 is 0.805. The molecular formula is C21H22F2N4O2S2. The second kappa shape index (κ2) is 8.97. The molecule has 0 bridgehead atoms. The normalized spacial score (nSPS) is 18.6. The first-order valence-corrected chi connectivity index (χ1v) is 12.2. The Labute approximate surface area is 184 Å². The maximum atomic E-state index is 15.1. The predicted octanol–water partition coefficient (Wildman–Crippen LogP) is 4.91. The highest BCUT2D eigenvalue weighted by Gasteiger charge is 2.31. The number of halogens is 2. The number of nitrogens with zero attached hydrogens (tertiary/aromatic N) is 3. The van der Waals surface area contributed by atoms with Gasteiger partial charge in [0.15, 0.2) is 0 Å². The van der Waals surface area contributed by atoms with E-state index in [1.54, 1.807) is 0 Å². The third-order valence-electron chi connectivity index (χ3n) is 5.60. The highest BCUT2D eigenvalue weighted by atomic mass is 32.2. The highest BCUT2D eigenvalue weighted by molar-refractivity contribution is 7.93. The zero-order chi connectivity index (χ0) is 22.0. The first-order chi connectivity index (χ1) is 14.9. The number of likely N-dealkylation sites (tertiary alicyclic amines) is 1. The van der Waals surface area contributed by atoms with Crippen LogP contribution in [0.25, 0.3) is 0 Å². The standard InChI is InChI=1S/C21H22F2N4O2S2/c1-14(27-10-6-5-9-19(27)15-7-3-2-4-8-15)16-11-18(23)20(12-17(16)22)31(28,29)26-21-24-13-25-30-21/h2-4,7-8,11-14,19H,5-6,9-10H2,1H3,(H,24,25,26)/t14?,19-/m1/s1. The highest BCUT2D eigenvalue weighted by Crippen LogP contribution is 2.38. The van der Waals surface area contributed by atoms with Gasteiger partial charge >= 0.3 is 0 Å². The van der Waals surface area contributed by atoms with Crippen molar-refractivity contribution in [2.75, 3.05) is 11.3 Å². The van der Waals surface area contributed by atoms with Crippen LogP contribution in [0.1, 0.15) is 49.4 Å². The van der Waals surface area contributed by atoms with Crippen molar-refractivity contribution in [2.24, 2.45) is 0 Å². The van der Waals surface area contributed by atoms with Crippen LogP contribution in [-0.4, -0.2) is 29.2 Å². The van der Waals surface area contributed by atoms with E-state index in [4.69, 9.17) is 0 Å². The Bertz CT molecular complexity index is 1140. The van der Waals surface area contributed by atoms with E-state index in [0.717, 1.165) is 55.0 Å². The van der Waals surface area contributed by atoms with Gasteiger partial charge in [-0.15, -0.1) is 0 Å². The van der Waals surface area contributed by atoms with Crippen LogP contribution in [0.5, 0.6) is 0 Å². The third kappa shape index (κ3) is 4.60. The Morgan fingerprint density at radius 3 is 2.65 bits per heavy atom. The van der Waals surface area contributed by atoms with Crippen LogP contribution < -0.4 is 4.72 Å². The molecule has 1 aromatic heterocycles. The summed E-state index contributed by atoms with van der Waals surface area (Å²) in [4.78, 5) is 5.12. The molecule has 2 heterocycles. The Balaban J connectivity index is 1.64. The second-order valence-corrected chi connectivity index (χ2v) is 9.92. The lowest BCUT2D eigenvalue weighted by molar-refractivity contribution is 0.101. The van der Waals surface area contributed by atoms with Crippen LogP contribution in [0, 0.1) is 11.6 Å². The topological polar surface area (TPSA) is 75.2 Å². The Morgan fingerprint density at radius 1 is 1.16 bits per heavy atom. The van der Waals surface area contributed by atoms with Crippen molar-refractivity contribution in [3.05, 3.63) is 71.6 Å². The molecule has 0 saturated carbocycles. The van der Waals surface area contributed by atoms with Crippen LogP contribution >= 0.6 is 11.5 Å². The number of sulfonamides is 1. The molecule has 3 aromatic rings. The van der Waals surface area contributed by atoms with Gasteiger partial charge in [-0.05, 0) is 44.0 Å². The molecule has 0 radical (unpaired) electrons. The molecule has 1 aliphatic heterocycles. The summed E-state index contributed by atoms with van der Waals surface area (Å²) in [5, 5.41) is -0.0173. The van der Waals surface area contributed by atoms with Crippen LogP contribution in [0.4, 0.5) is 13.9 Å². The summed E-state index contributed by atoms with van der Waals surface area (Å²) in [6.07, 6.45) is 4.13. The van der Waals surface area contributed by atoms with Gasteiger partial charge in [0.2, 0.25) is 5.13 Å². The summed E-state index contributed by atoms with van der Waals surface area (Å²) in [5.41, 5.74) is 1.27. The fourth-order valence-electron chi connectivity index (χ4n) is 4.09. The minimum Gasteiger partial charge on any atom is -0.290 e. The van der Waals surface area contributed by atoms with E-state index in [1.165, 1.54) is 6.33 Å². The van der Waals surface area contributed by atoms with E-state index in [-0.39, 0.29) is 16.7 Å². The Morgan fingerprint density at radius 2 is 1.94 bits per heavy atom. The van der Waals surface area contributed by atoms with Crippen molar-refractivity contribution < 1.29 is 17.2 Å². The van der Waals surface area contributed by atoms with E-state index in [1.807, 2.05) is 37.3 Å². The SMILES string of the molecule is CC(c1cc(F)c(S(=O)(=O)Nc2ncns2)cc1F)N1CCCC[C@@H]1c1ccccc1. The lowest BCUT2D eigenvalue weighted by Gasteiger charge is -2.40. The van der Waals surface area contributed by atoms with Gasteiger partial charge in [0.25, 0.3) is 10.0 Å². The average Bonchev–Trinajstić information content (AvgIpc) is 3.27. The van der Waals surface area contributed by atoms with Gasteiger partial charge < -0.3 is 0 Å². The monoisotopic (exact) mass is 464 g/mol. The quantitative estimate of drug-likeness (QED) is 0.561. The number of anilines is 1. The molecule has 0 spiro atoms. The maximum absolute atomic E-state index is 15.1. The van der Waals surface area contributed by atoms with E-state index >= 15 is 4.39 Å². The minimum absolute atomic E-state index is 0.0173. The van der Waals surface area contributed by atoms with Gasteiger partial charge in [-0.25, -0.2) is 22.2 Å². The molecule has 4 rings (SSSR count). The third-order valence-corrected chi connectivity index (χ3v) is 7.66. The predicted molar refractivity (Wildman–Crippen MR) is 115 cm³/mol. The number of benzene rings is 2. The molecule has 1 fully saturated rings. The van der Waals surface area contributed by atoms with Gasteiger partial charge in [0.1, 0.15) is 22.9 Å². The number of aromatic nitrogens is 2. The van der Waals surface area contributed by atoms with Gasteiger partial charge in [0, 0.05) is 29.2 Å². The molecule has 1 saturated heterocycles. The largest absolute Gasteiger partial charge is 0.290 e. The molecule has 0 amide bonds. The van der Waals surface area contributed by atoms with Gasteiger partial charge in [-0.1, -0.05) is 36.8 Å². The zero-order valence-electron chi connectivity index (χ0n) is 16.8. The average molecular weight is 465 g/mol. The van der Waals surface area contributed by atoms with E-state index in [0.29, 0.717) is 0 Å².